The fraction of sp³-hybridized carbons (Fsp3) is 0.571. The molecule has 0 heterocycles. The number of carbonyl (C=O) groups is 1. The van der Waals surface area contributed by atoms with E-state index in [0.29, 0.717) is 0 Å². The highest BCUT2D eigenvalue weighted by Crippen LogP contribution is 2.07. The van der Waals surface area contributed by atoms with Crippen LogP contribution in [0.15, 0.2) is 12.7 Å². The van der Waals surface area contributed by atoms with E-state index in [2.05, 4.69) is 6.58 Å². The fourth-order valence-corrected chi connectivity index (χ4v) is 0.640. The number of carboxylic acids is 1. The fourth-order valence-electron chi connectivity index (χ4n) is 0.640. The van der Waals surface area contributed by atoms with Gasteiger partial charge >= 0.3 is 5.97 Å². The molecule has 1 N–H and O–H groups in total. The van der Waals surface area contributed by atoms with Crippen molar-refractivity contribution in [2.24, 2.45) is 5.92 Å². The van der Waals surface area contributed by atoms with Crippen LogP contribution >= 0.6 is 0 Å². The van der Waals surface area contributed by atoms with E-state index < -0.39 is 11.9 Å². The number of hydrogen-bond donors (Lipinski definition) is 1. The summed E-state index contributed by atoms with van der Waals surface area (Å²) in [5, 5.41) is 8.52. The molecule has 0 saturated carbocycles. The van der Waals surface area contributed by atoms with E-state index in [1.54, 1.807) is 6.92 Å². The molecule has 0 aliphatic carbocycles. The average molecular weight is 144 g/mol. The Bertz CT molecular complexity index is 131. The van der Waals surface area contributed by atoms with Crippen molar-refractivity contribution in [3.8, 4) is 0 Å². The molecule has 0 spiro atoms. The lowest BCUT2D eigenvalue weighted by molar-refractivity contribution is -0.143. The van der Waals surface area contributed by atoms with E-state index in [9.17, 15) is 4.79 Å². The number of rotatable bonds is 4. The van der Waals surface area contributed by atoms with E-state index in [-0.39, 0.29) is 6.10 Å². The van der Waals surface area contributed by atoms with Crippen LogP contribution in [0.1, 0.15) is 6.92 Å². The molecule has 10 heavy (non-hydrogen) atoms. The monoisotopic (exact) mass is 144 g/mol. The predicted molar refractivity (Wildman–Crippen MR) is 37.8 cm³/mol. The molecule has 2 unspecified atom stereocenters. The van der Waals surface area contributed by atoms with Crippen molar-refractivity contribution >= 4 is 5.97 Å². The second-order valence-electron chi connectivity index (χ2n) is 2.04. The Labute approximate surface area is 60.3 Å². The first-order valence-electron chi connectivity index (χ1n) is 3.01. The van der Waals surface area contributed by atoms with Gasteiger partial charge in [0.1, 0.15) is 5.92 Å². The van der Waals surface area contributed by atoms with Gasteiger partial charge in [0, 0.05) is 7.11 Å². The van der Waals surface area contributed by atoms with Gasteiger partial charge in [-0.2, -0.15) is 0 Å². The van der Waals surface area contributed by atoms with Crippen molar-refractivity contribution in [2.75, 3.05) is 7.11 Å². The van der Waals surface area contributed by atoms with Crippen molar-refractivity contribution < 1.29 is 14.6 Å². The molecule has 0 aromatic heterocycles. The summed E-state index contributed by atoms with van der Waals surface area (Å²) >= 11 is 0. The molecule has 3 nitrogen and oxygen atoms in total. The van der Waals surface area contributed by atoms with Gasteiger partial charge in [0.05, 0.1) is 6.10 Å². The molecule has 0 aromatic rings. The van der Waals surface area contributed by atoms with Crippen molar-refractivity contribution in [2.45, 2.75) is 13.0 Å². The molecule has 0 aromatic carbocycles. The quantitative estimate of drug-likeness (QED) is 0.596. The van der Waals surface area contributed by atoms with Gasteiger partial charge < -0.3 is 9.84 Å². The second-order valence-corrected chi connectivity index (χ2v) is 2.04. The summed E-state index contributed by atoms with van der Waals surface area (Å²) in [5.74, 6) is -1.51. The van der Waals surface area contributed by atoms with Crippen molar-refractivity contribution in [1.82, 2.24) is 0 Å². The van der Waals surface area contributed by atoms with Gasteiger partial charge in [0.25, 0.3) is 0 Å². The van der Waals surface area contributed by atoms with Crippen LogP contribution in [0.3, 0.4) is 0 Å². The van der Waals surface area contributed by atoms with Gasteiger partial charge in [-0.1, -0.05) is 6.08 Å². The van der Waals surface area contributed by atoms with Crippen LogP contribution in [0, 0.1) is 5.92 Å². The third-order valence-electron chi connectivity index (χ3n) is 1.42. The summed E-state index contributed by atoms with van der Waals surface area (Å²) in [6.45, 7) is 5.09. The third-order valence-corrected chi connectivity index (χ3v) is 1.42. The van der Waals surface area contributed by atoms with Crippen LogP contribution in [0.5, 0.6) is 0 Å². The Hall–Kier alpha value is -0.830. The van der Waals surface area contributed by atoms with Crippen molar-refractivity contribution in [3.63, 3.8) is 0 Å². The summed E-state index contributed by atoms with van der Waals surface area (Å²) in [6, 6.07) is 0. The first kappa shape index (κ1) is 9.17. The summed E-state index contributed by atoms with van der Waals surface area (Å²) in [6.07, 6.45) is 1.06. The molecule has 0 saturated heterocycles. The lowest BCUT2D eigenvalue weighted by Crippen LogP contribution is -2.25. The van der Waals surface area contributed by atoms with Crippen LogP contribution in [-0.4, -0.2) is 24.3 Å². The number of ether oxygens (including phenoxy) is 1. The summed E-state index contributed by atoms with van der Waals surface area (Å²) < 4.78 is 4.81. The highest BCUT2D eigenvalue weighted by atomic mass is 16.5. The van der Waals surface area contributed by atoms with Crippen molar-refractivity contribution in [1.29, 1.82) is 0 Å². The smallest absolute Gasteiger partial charge is 0.312 e. The molecule has 58 valence electrons. The van der Waals surface area contributed by atoms with Crippen LogP contribution in [0.4, 0.5) is 0 Å². The van der Waals surface area contributed by atoms with E-state index in [1.165, 1.54) is 13.2 Å². The maximum Gasteiger partial charge on any atom is 0.312 e. The number of carboxylic acid groups (broad SMARTS) is 1. The predicted octanol–water partition coefficient (Wildman–Crippen LogP) is 0.908. The second kappa shape index (κ2) is 4.06. The van der Waals surface area contributed by atoms with E-state index >= 15 is 0 Å². The molecular formula is C7H12O3. The molecule has 3 heteroatoms. The molecule has 0 amide bonds. The Morgan fingerprint density at radius 2 is 2.30 bits per heavy atom. The Morgan fingerprint density at radius 3 is 2.40 bits per heavy atom. The molecule has 2 atom stereocenters. The average Bonchev–Trinajstić information content (AvgIpc) is 1.88. The largest absolute Gasteiger partial charge is 0.481 e. The lowest BCUT2D eigenvalue weighted by Gasteiger charge is -2.13. The zero-order chi connectivity index (χ0) is 8.15. The first-order valence-corrected chi connectivity index (χ1v) is 3.01. The number of aliphatic carboxylic acids is 1. The summed E-state index contributed by atoms with van der Waals surface area (Å²) in [4.78, 5) is 10.4. The first-order chi connectivity index (χ1) is 4.63. The SMILES string of the molecule is C=CC(C(=O)O)C(C)OC. The molecular weight excluding hydrogens is 132 g/mol. The maximum atomic E-state index is 10.4. The van der Waals surface area contributed by atoms with Crippen LogP contribution in [-0.2, 0) is 9.53 Å². The Morgan fingerprint density at radius 1 is 1.80 bits per heavy atom. The molecule has 0 fully saturated rings. The lowest BCUT2D eigenvalue weighted by atomic mass is 10.1. The van der Waals surface area contributed by atoms with Gasteiger partial charge in [-0.25, -0.2) is 0 Å². The Balaban J connectivity index is 4.05. The van der Waals surface area contributed by atoms with Gasteiger partial charge in [0.2, 0.25) is 0 Å². The standard InChI is InChI=1S/C7H12O3/c1-4-6(7(8)9)5(2)10-3/h4-6H,1H2,2-3H3,(H,8,9). The van der Waals surface area contributed by atoms with Gasteiger partial charge in [-0.3, -0.25) is 4.79 Å². The molecule has 0 aliphatic heterocycles. The third kappa shape index (κ3) is 2.19. The van der Waals surface area contributed by atoms with Gasteiger partial charge in [-0.15, -0.1) is 6.58 Å². The number of hydrogen-bond acceptors (Lipinski definition) is 2. The zero-order valence-electron chi connectivity index (χ0n) is 6.20. The van der Waals surface area contributed by atoms with E-state index in [1.807, 2.05) is 0 Å². The van der Waals surface area contributed by atoms with E-state index in [0.717, 1.165) is 0 Å². The van der Waals surface area contributed by atoms with Crippen LogP contribution in [0.25, 0.3) is 0 Å². The molecule has 0 rings (SSSR count). The summed E-state index contributed by atoms with van der Waals surface area (Å²) in [7, 11) is 1.48. The normalized spacial score (nSPS) is 15.8. The zero-order valence-corrected chi connectivity index (χ0v) is 6.20. The maximum absolute atomic E-state index is 10.4. The minimum absolute atomic E-state index is 0.310. The minimum atomic E-state index is -0.899. The molecule has 0 radical (unpaired) electrons. The minimum Gasteiger partial charge on any atom is -0.481 e. The highest BCUT2D eigenvalue weighted by molar-refractivity contribution is 5.72. The molecule has 0 aliphatic rings. The topological polar surface area (TPSA) is 46.5 Å². The Kier molecular flexibility index (Phi) is 3.72. The van der Waals surface area contributed by atoms with E-state index in [4.69, 9.17) is 9.84 Å². The van der Waals surface area contributed by atoms with Gasteiger partial charge in [-0.05, 0) is 6.92 Å². The molecule has 0 bridgehead atoms. The highest BCUT2D eigenvalue weighted by Gasteiger charge is 2.20. The van der Waals surface area contributed by atoms with Crippen LogP contribution < -0.4 is 0 Å². The summed E-state index contributed by atoms with van der Waals surface area (Å²) in [5.41, 5.74) is 0. The van der Waals surface area contributed by atoms with Crippen molar-refractivity contribution in [3.05, 3.63) is 12.7 Å². The van der Waals surface area contributed by atoms with Gasteiger partial charge in [0.15, 0.2) is 0 Å². The number of methoxy groups -OCH3 is 1. The van der Waals surface area contributed by atoms with Crippen LogP contribution in [0.2, 0.25) is 0 Å².